The highest BCUT2D eigenvalue weighted by Crippen LogP contribution is 2.11. The third kappa shape index (κ3) is 8.56. The van der Waals surface area contributed by atoms with E-state index in [1.807, 2.05) is 0 Å². The van der Waals surface area contributed by atoms with E-state index < -0.39 is 16.1 Å². The highest BCUT2D eigenvalue weighted by atomic mass is 32.2. The maximum Gasteiger partial charge on any atom is 0.249 e. The van der Waals surface area contributed by atoms with E-state index in [-0.39, 0.29) is 5.91 Å². The molecule has 0 spiro atoms. The van der Waals surface area contributed by atoms with Crippen LogP contribution >= 0.6 is 0 Å². The molecule has 0 fully saturated rings. The van der Waals surface area contributed by atoms with E-state index in [1.165, 1.54) is 0 Å². The number of nitrogens with one attached hydrogen (secondary N) is 2. The number of rotatable bonds is 9. The lowest BCUT2D eigenvalue weighted by Gasteiger charge is -2.14. The average Bonchev–Trinajstić information content (AvgIpc) is 2.44. The predicted molar refractivity (Wildman–Crippen MR) is 91.6 cm³/mol. The van der Waals surface area contributed by atoms with Gasteiger partial charge in [-0.25, -0.2) is 8.42 Å². The third-order valence-corrected chi connectivity index (χ3v) is 3.76. The summed E-state index contributed by atoms with van der Waals surface area (Å²) in [5.74, 6) is 0.386. The van der Waals surface area contributed by atoms with E-state index in [0.29, 0.717) is 24.8 Å². The van der Waals surface area contributed by atoms with Crippen molar-refractivity contribution in [3.8, 4) is 0 Å². The van der Waals surface area contributed by atoms with Crippen molar-refractivity contribution >= 4 is 21.6 Å². The minimum Gasteiger partial charge on any atom is -0.369 e. The van der Waals surface area contributed by atoms with Crippen molar-refractivity contribution in [2.75, 3.05) is 17.6 Å². The summed E-state index contributed by atoms with van der Waals surface area (Å²) >= 11 is 0. The number of benzene rings is 1. The number of sulfonamides is 1. The van der Waals surface area contributed by atoms with Crippen molar-refractivity contribution in [2.45, 2.75) is 39.8 Å². The summed E-state index contributed by atoms with van der Waals surface area (Å²) in [7, 11) is -3.28. The van der Waals surface area contributed by atoms with E-state index >= 15 is 0 Å². The normalized spacial score (nSPS) is 12.9. The number of hydrogen-bond donors (Lipinski definition) is 2. The fourth-order valence-corrected chi connectivity index (χ4v) is 2.36. The molecule has 1 rings (SSSR count). The Morgan fingerprint density at radius 3 is 2.30 bits per heavy atom. The molecule has 1 unspecified atom stereocenters. The summed E-state index contributed by atoms with van der Waals surface area (Å²) in [6.45, 7) is 6.88. The van der Waals surface area contributed by atoms with Gasteiger partial charge in [0.2, 0.25) is 15.9 Å². The van der Waals surface area contributed by atoms with E-state index in [1.54, 1.807) is 31.2 Å². The number of ether oxygens (including phenoxy) is 1. The Labute approximate surface area is 138 Å². The van der Waals surface area contributed by atoms with Crippen LogP contribution in [0.3, 0.4) is 0 Å². The van der Waals surface area contributed by atoms with Crippen molar-refractivity contribution < 1.29 is 17.9 Å². The standard InChI is InChI=1S/C16H26N2O4S/c1-12(2)9-10-22-13(3)16(19)17-11-14-5-7-15(8-6-14)18-23(4,20)21/h5-8,12-13,18H,9-11H2,1-4H3,(H,17,19). The molecule has 0 saturated carbocycles. The molecule has 2 N–H and O–H groups in total. The van der Waals surface area contributed by atoms with E-state index in [2.05, 4.69) is 23.9 Å². The molecule has 1 aromatic carbocycles. The van der Waals surface area contributed by atoms with Gasteiger partial charge in [-0.15, -0.1) is 0 Å². The van der Waals surface area contributed by atoms with Crippen LogP contribution in [-0.4, -0.2) is 33.3 Å². The van der Waals surface area contributed by atoms with Crippen molar-refractivity contribution in [2.24, 2.45) is 5.92 Å². The van der Waals surface area contributed by atoms with E-state index in [4.69, 9.17) is 4.74 Å². The first kappa shape index (κ1) is 19.4. The van der Waals surface area contributed by atoms with Crippen LogP contribution in [0.15, 0.2) is 24.3 Å². The molecule has 0 aliphatic heterocycles. The second-order valence-electron chi connectivity index (χ2n) is 5.98. The first-order valence-electron chi connectivity index (χ1n) is 7.63. The fraction of sp³-hybridized carbons (Fsp3) is 0.562. The van der Waals surface area contributed by atoms with Crippen LogP contribution in [0, 0.1) is 5.92 Å². The molecule has 0 aromatic heterocycles. The van der Waals surface area contributed by atoms with Crippen molar-refractivity contribution in [1.82, 2.24) is 5.32 Å². The van der Waals surface area contributed by atoms with Crippen LogP contribution < -0.4 is 10.0 Å². The molecule has 0 radical (unpaired) electrons. The number of carbonyl (C=O) groups excluding carboxylic acids is 1. The molecule has 0 bridgehead atoms. The van der Waals surface area contributed by atoms with E-state index in [9.17, 15) is 13.2 Å². The van der Waals surface area contributed by atoms with Gasteiger partial charge in [0.15, 0.2) is 0 Å². The molecule has 130 valence electrons. The number of hydrogen-bond acceptors (Lipinski definition) is 4. The van der Waals surface area contributed by atoms with Crippen LogP contribution in [0.5, 0.6) is 0 Å². The number of carbonyl (C=O) groups is 1. The first-order chi connectivity index (χ1) is 10.7. The third-order valence-electron chi connectivity index (χ3n) is 3.16. The Kier molecular flexibility index (Phi) is 7.51. The number of amides is 1. The quantitative estimate of drug-likeness (QED) is 0.720. The van der Waals surface area contributed by atoms with E-state index in [0.717, 1.165) is 18.2 Å². The van der Waals surface area contributed by atoms with Gasteiger partial charge in [-0.3, -0.25) is 9.52 Å². The second-order valence-corrected chi connectivity index (χ2v) is 7.73. The lowest BCUT2D eigenvalue weighted by atomic mass is 10.1. The Morgan fingerprint density at radius 1 is 1.17 bits per heavy atom. The van der Waals surface area contributed by atoms with Crippen LogP contribution in [0.25, 0.3) is 0 Å². The molecule has 7 heteroatoms. The summed E-state index contributed by atoms with van der Waals surface area (Å²) in [6.07, 6.45) is 1.54. The van der Waals surface area contributed by atoms with Gasteiger partial charge in [0.05, 0.1) is 6.26 Å². The highest BCUT2D eigenvalue weighted by molar-refractivity contribution is 7.92. The lowest BCUT2D eigenvalue weighted by molar-refractivity contribution is -0.132. The molecule has 0 aliphatic rings. The number of anilines is 1. The largest absolute Gasteiger partial charge is 0.369 e. The monoisotopic (exact) mass is 342 g/mol. The molecular weight excluding hydrogens is 316 g/mol. The molecule has 23 heavy (non-hydrogen) atoms. The molecule has 1 amide bonds. The van der Waals surface area contributed by atoms with Gasteiger partial charge in [0.1, 0.15) is 6.10 Å². The molecule has 6 nitrogen and oxygen atoms in total. The van der Waals surface area contributed by atoms with Gasteiger partial charge in [0, 0.05) is 18.8 Å². The molecule has 1 atom stereocenters. The summed E-state index contributed by atoms with van der Waals surface area (Å²) < 4.78 is 30.1. The minimum atomic E-state index is -3.28. The Morgan fingerprint density at radius 2 is 1.78 bits per heavy atom. The summed E-state index contributed by atoms with van der Waals surface area (Å²) in [6, 6.07) is 6.84. The van der Waals surface area contributed by atoms with Gasteiger partial charge >= 0.3 is 0 Å². The summed E-state index contributed by atoms with van der Waals surface area (Å²) in [5, 5.41) is 2.80. The van der Waals surface area contributed by atoms with Crippen LogP contribution in [0.4, 0.5) is 5.69 Å². The minimum absolute atomic E-state index is 0.160. The van der Waals surface area contributed by atoms with Crippen molar-refractivity contribution in [3.63, 3.8) is 0 Å². The van der Waals surface area contributed by atoms with Crippen molar-refractivity contribution in [3.05, 3.63) is 29.8 Å². The first-order valence-corrected chi connectivity index (χ1v) is 9.52. The Bertz CT molecular complexity index is 597. The van der Waals surface area contributed by atoms with Crippen molar-refractivity contribution in [1.29, 1.82) is 0 Å². The summed E-state index contributed by atoms with van der Waals surface area (Å²) in [5.41, 5.74) is 1.37. The van der Waals surface area contributed by atoms with Crippen LogP contribution in [-0.2, 0) is 26.1 Å². The molecule has 0 saturated heterocycles. The summed E-state index contributed by atoms with van der Waals surface area (Å²) in [4.78, 5) is 11.9. The fourth-order valence-electron chi connectivity index (χ4n) is 1.79. The zero-order chi connectivity index (χ0) is 17.5. The smallest absolute Gasteiger partial charge is 0.249 e. The SMILES string of the molecule is CC(C)CCOC(C)C(=O)NCc1ccc(NS(C)(=O)=O)cc1. The second kappa shape index (κ2) is 8.88. The highest BCUT2D eigenvalue weighted by Gasteiger charge is 2.13. The molecular formula is C16H26N2O4S. The molecule has 0 heterocycles. The zero-order valence-corrected chi connectivity index (χ0v) is 14.9. The lowest BCUT2D eigenvalue weighted by Crippen LogP contribution is -2.34. The van der Waals surface area contributed by atoms with Gasteiger partial charge in [0.25, 0.3) is 0 Å². The van der Waals surface area contributed by atoms with Crippen LogP contribution in [0.2, 0.25) is 0 Å². The maximum absolute atomic E-state index is 11.9. The van der Waals surface area contributed by atoms with Gasteiger partial charge < -0.3 is 10.1 Å². The Balaban J connectivity index is 2.40. The van der Waals surface area contributed by atoms with Crippen LogP contribution in [0.1, 0.15) is 32.8 Å². The topological polar surface area (TPSA) is 84.5 Å². The molecule has 0 aliphatic carbocycles. The van der Waals surface area contributed by atoms with Gasteiger partial charge in [-0.1, -0.05) is 26.0 Å². The average molecular weight is 342 g/mol. The zero-order valence-electron chi connectivity index (χ0n) is 14.1. The van der Waals surface area contributed by atoms with Gasteiger partial charge in [-0.05, 0) is 37.0 Å². The molecule has 1 aromatic rings. The predicted octanol–water partition coefficient (Wildman–Crippen LogP) is 2.13. The maximum atomic E-state index is 11.9. The van der Waals surface area contributed by atoms with Gasteiger partial charge in [-0.2, -0.15) is 0 Å². The Hall–Kier alpha value is -1.60.